The third-order valence-corrected chi connectivity index (χ3v) is 7.84. The molecule has 2 aliphatic carbocycles. The Kier molecular flexibility index (Phi) is 7.18. The minimum Gasteiger partial charge on any atom is -0.483 e. The number of aromatic nitrogens is 3. The Morgan fingerprint density at radius 3 is 2.84 bits per heavy atom. The summed E-state index contributed by atoms with van der Waals surface area (Å²) in [5.74, 6) is 2.54. The fourth-order valence-electron chi connectivity index (χ4n) is 5.10. The normalized spacial score (nSPS) is 23.7. The second-order valence-corrected chi connectivity index (χ2v) is 10.2. The van der Waals surface area contributed by atoms with Crippen molar-refractivity contribution in [3.63, 3.8) is 0 Å². The van der Waals surface area contributed by atoms with E-state index < -0.39 is 5.82 Å². The van der Waals surface area contributed by atoms with Crippen LogP contribution < -0.4 is 10.1 Å². The van der Waals surface area contributed by atoms with Crippen molar-refractivity contribution in [3.05, 3.63) is 48.6 Å². The van der Waals surface area contributed by atoms with Gasteiger partial charge < -0.3 is 10.1 Å². The fourth-order valence-corrected chi connectivity index (χ4v) is 5.98. The first kappa shape index (κ1) is 22.8. The molecule has 5 unspecified atom stereocenters. The standard InChI is InChI=1S/C24H31FN4O2S/c1-4-11-29-22(14-31-21-8-6-5-7-20(21)25)27-28-24(29)32-16(3)23(30)26-15(2)19-13-17-9-10-18(19)12-17/h4-8,15-19H,1,9-14H2,2-3H3,(H,26,30). The zero-order chi connectivity index (χ0) is 22.7. The minimum absolute atomic E-state index is 0.0163. The van der Waals surface area contributed by atoms with Crippen molar-refractivity contribution in [2.45, 2.75) is 69.1 Å². The SMILES string of the molecule is C=CCn1c(COc2ccccc2F)nnc1SC(C)C(=O)NC(C)C1CC2CCC1C2. The summed E-state index contributed by atoms with van der Waals surface area (Å²) in [6.45, 7) is 8.37. The molecule has 2 bridgehead atoms. The molecular formula is C24H31FN4O2S. The largest absolute Gasteiger partial charge is 0.483 e. The van der Waals surface area contributed by atoms with E-state index in [9.17, 15) is 9.18 Å². The van der Waals surface area contributed by atoms with Crippen LogP contribution in [0, 0.1) is 23.6 Å². The summed E-state index contributed by atoms with van der Waals surface area (Å²) >= 11 is 1.36. The molecule has 0 spiro atoms. The predicted molar refractivity (Wildman–Crippen MR) is 123 cm³/mol. The van der Waals surface area contributed by atoms with Gasteiger partial charge in [0.2, 0.25) is 5.91 Å². The first-order valence-electron chi connectivity index (χ1n) is 11.3. The lowest BCUT2D eigenvalue weighted by Gasteiger charge is -2.29. The molecule has 172 valence electrons. The maximum atomic E-state index is 13.8. The van der Waals surface area contributed by atoms with Gasteiger partial charge in [0, 0.05) is 12.6 Å². The molecule has 0 saturated heterocycles. The summed E-state index contributed by atoms with van der Waals surface area (Å²) in [7, 11) is 0. The maximum Gasteiger partial charge on any atom is 0.233 e. The fraction of sp³-hybridized carbons (Fsp3) is 0.542. The van der Waals surface area contributed by atoms with Gasteiger partial charge in [-0.05, 0) is 63.0 Å². The number of nitrogens with zero attached hydrogens (tertiary/aromatic N) is 3. The van der Waals surface area contributed by atoms with Crippen LogP contribution in [0.2, 0.25) is 0 Å². The van der Waals surface area contributed by atoms with Crippen LogP contribution in [0.4, 0.5) is 4.39 Å². The number of para-hydroxylation sites is 1. The van der Waals surface area contributed by atoms with E-state index in [0.717, 1.165) is 11.8 Å². The Labute approximate surface area is 193 Å². The Morgan fingerprint density at radius 1 is 1.34 bits per heavy atom. The topological polar surface area (TPSA) is 69.0 Å². The minimum atomic E-state index is -0.424. The molecule has 1 heterocycles. The lowest BCUT2D eigenvalue weighted by molar-refractivity contribution is -0.121. The Bertz CT molecular complexity index is 965. The molecule has 1 amide bonds. The lowest BCUT2D eigenvalue weighted by Crippen LogP contribution is -2.43. The number of ether oxygens (including phenoxy) is 1. The number of hydrogen-bond acceptors (Lipinski definition) is 5. The van der Waals surface area contributed by atoms with Gasteiger partial charge in [0.1, 0.15) is 6.61 Å². The maximum absolute atomic E-state index is 13.8. The van der Waals surface area contributed by atoms with Gasteiger partial charge in [0.15, 0.2) is 22.5 Å². The van der Waals surface area contributed by atoms with Crippen LogP contribution in [-0.2, 0) is 17.9 Å². The van der Waals surface area contributed by atoms with Gasteiger partial charge in [-0.1, -0.05) is 36.4 Å². The summed E-state index contributed by atoms with van der Waals surface area (Å²) in [5.41, 5.74) is 0. The van der Waals surface area contributed by atoms with Gasteiger partial charge in [-0.15, -0.1) is 16.8 Å². The van der Waals surface area contributed by atoms with Crippen LogP contribution in [0.25, 0.3) is 0 Å². The van der Waals surface area contributed by atoms with Crippen molar-refractivity contribution in [1.29, 1.82) is 0 Å². The quantitative estimate of drug-likeness (QED) is 0.416. The summed E-state index contributed by atoms with van der Waals surface area (Å²) in [6, 6.07) is 6.44. The zero-order valence-electron chi connectivity index (χ0n) is 18.7. The summed E-state index contributed by atoms with van der Waals surface area (Å²) in [4.78, 5) is 12.9. The number of thioether (sulfide) groups is 1. The average Bonchev–Trinajstić information content (AvgIpc) is 3.50. The Balaban J connectivity index is 1.36. The second-order valence-electron chi connectivity index (χ2n) is 8.91. The predicted octanol–water partition coefficient (Wildman–Crippen LogP) is 4.60. The monoisotopic (exact) mass is 458 g/mol. The van der Waals surface area contributed by atoms with Gasteiger partial charge in [0.05, 0.1) is 5.25 Å². The molecule has 2 aliphatic rings. The average molecular weight is 459 g/mol. The third kappa shape index (κ3) is 5.00. The zero-order valence-corrected chi connectivity index (χ0v) is 19.5. The molecule has 5 atom stereocenters. The number of nitrogens with one attached hydrogen (secondary N) is 1. The van der Waals surface area contributed by atoms with Gasteiger partial charge in [0.25, 0.3) is 0 Å². The van der Waals surface area contributed by atoms with E-state index >= 15 is 0 Å². The summed E-state index contributed by atoms with van der Waals surface area (Å²) < 4.78 is 21.3. The van der Waals surface area contributed by atoms with Gasteiger partial charge in [-0.3, -0.25) is 9.36 Å². The molecule has 8 heteroatoms. The number of halogens is 1. The number of benzene rings is 1. The second kappa shape index (κ2) is 10.1. The molecule has 6 nitrogen and oxygen atoms in total. The summed E-state index contributed by atoms with van der Waals surface area (Å²) in [6.07, 6.45) is 6.98. The number of amides is 1. The highest BCUT2D eigenvalue weighted by Gasteiger charge is 2.42. The number of hydrogen-bond donors (Lipinski definition) is 1. The summed E-state index contributed by atoms with van der Waals surface area (Å²) in [5, 5.41) is 12.0. The van der Waals surface area contributed by atoms with E-state index in [1.54, 1.807) is 24.3 Å². The number of allylic oxidation sites excluding steroid dienone is 1. The van der Waals surface area contributed by atoms with Crippen LogP contribution in [0.15, 0.2) is 42.1 Å². The first-order valence-corrected chi connectivity index (χ1v) is 12.2. The van der Waals surface area contributed by atoms with Crippen LogP contribution in [-0.4, -0.2) is 32.0 Å². The van der Waals surface area contributed by atoms with Crippen molar-refractivity contribution in [2.75, 3.05) is 0 Å². The van der Waals surface area contributed by atoms with Crippen molar-refractivity contribution in [1.82, 2.24) is 20.1 Å². The Morgan fingerprint density at radius 2 is 2.16 bits per heavy atom. The highest BCUT2D eigenvalue weighted by atomic mass is 32.2. The van der Waals surface area contributed by atoms with Crippen LogP contribution in [0.5, 0.6) is 5.75 Å². The molecule has 2 saturated carbocycles. The molecule has 2 aromatic rings. The molecule has 1 aromatic heterocycles. The Hall–Kier alpha value is -2.35. The molecular weight excluding hydrogens is 427 g/mol. The van der Waals surface area contributed by atoms with E-state index in [2.05, 4.69) is 29.0 Å². The molecule has 1 N–H and O–H groups in total. The molecule has 4 rings (SSSR count). The van der Waals surface area contributed by atoms with E-state index in [1.807, 2.05) is 11.5 Å². The van der Waals surface area contributed by atoms with Crippen LogP contribution in [0.3, 0.4) is 0 Å². The van der Waals surface area contributed by atoms with Crippen molar-refractivity contribution in [3.8, 4) is 5.75 Å². The van der Waals surface area contributed by atoms with E-state index in [4.69, 9.17) is 4.74 Å². The van der Waals surface area contributed by atoms with E-state index in [1.165, 1.54) is 43.5 Å². The van der Waals surface area contributed by atoms with Crippen molar-refractivity contribution < 1.29 is 13.9 Å². The number of rotatable bonds is 10. The molecule has 0 radical (unpaired) electrons. The highest BCUT2D eigenvalue weighted by molar-refractivity contribution is 8.00. The highest BCUT2D eigenvalue weighted by Crippen LogP contribution is 2.49. The lowest BCUT2D eigenvalue weighted by atomic mass is 9.84. The van der Waals surface area contributed by atoms with Gasteiger partial charge in [-0.25, -0.2) is 4.39 Å². The van der Waals surface area contributed by atoms with Crippen molar-refractivity contribution >= 4 is 17.7 Å². The smallest absolute Gasteiger partial charge is 0.233 e. The molecule has 1 aromatic carbocycles. The number of carbonyl (C=O) groups excluding carboxylic acids is 1. The molecule has 32 heavy (non-hydrogen) atoms. The first-order chi connectivity index (χ1) is 15.5. The van der Waals surface area contributed by atoms with Gasteiger partial charge >= 0.3 is 0 Å². The van der Waals surface area contributed by atoms with E-state index in [-0.39, 0.29) is 29.6 Å². The van der Waals surface area contributed by atoms with Crippen LogP contribution >= 0.6 is 11.8 Å². The van der Waals surface area contributed by atoms with Crippen molar-refractivity contribution in [2.24, 2.45) is 17.8 Å². The van der Waals surface area contributed by atoms with Crippen LogP contribution in [0.1, 0.15) is 45.4 Å². The molecule has 0 aliphatic heterocycles. The number of carbonyl (C=O) groups is 1. The third-order valence-electron chi connectivity index (χ3n) is 6.75. The molecule has 2 fully saturated rings. The number of fused-ring (bicyclic) bond motifs is 2. The van der Waals surface area contributed by atoms with Gasteiger partial charge in [-0.2, -0.15) is 0 Å². The van der Waals surface area contributed by atoms with E-state index in [0.29, 0.717) is 23.4 Å².